The van der Waals surface area contributed by atoms with Crippen molar-refractivity contribution in [3.8, 4) is 17.2 Å². The monoisotopic (exact) mass is 422 g/mol. The Balaban J connectivity index is 1.46. The number of ether oxygens (including phenoxy) is 2. The van der Waals surface area contributed by atoms with Gasteiger partial charge in [0.05, 0.1) is 19.4 Å². The first-order chi connectivity index (χ1) is 14.6. The molecule has 0 amide bonds. The molecule has 0 aliphatic heterocycles. The third kappa shape index (κ3) is 5.05. The Hall–Kier alpha value is -2.73. The van der Waals surface area contributed by atoms with Crippen molar-refractivity contribution >= 4 is 11.8 Å². The van der Waals surface area contributed by atoms with E-state index in [1.807, 2.05) is 36.4 Å². The summed E-state index contributed by atoms with van der Waals surface area (Å²) < 4.78 is 13.0. The quantitative estimate of drug-likeness (QED) is 0.360. The van der Waals surface area contributed by atoms with E-state index in [-0.39, 0.29) is 5.56 Å². The Morgan fingerprint density at radius 1 is 1.13 bits per heavy atom. The van der Waals surface area contributed by atoms with Gasteiger partial charge in [0.2, 0.25) is 0 Å². The molecule has 4 rings (SSSR count). The number of hydrogen-bond donors (Lipinski definition) is 0. The van der Waals surface area contributed by atoms with Crippen LogP contribution < -0.4 is 15.0 Å². The molecule has 0 radical (unpaired) electrons. The minimum Gasteiger partial charge on any atom is -0.493 e. The highest BCUT2D eigenvalue weighted by Gasteiger charge is 2.28. The first-order valence-corrected chi connectivity index (χ1v) is 11.2. The summed E-state index contributed by atoms with van der Waals surface area (Å²) in [6.07, 6.45) is 4.17. The smallest absolute Gasteiger partial charge is 0.258 e. The van der Waals surface area contributed by atoms with Crippen LogP contribution in [-0.4, -0.2) is 23.3 Å². The Morgan fingerprint density at radius 2 is 1.93 bits per heavy atom. The van der Waals surface area contributed by atoms with E-state index in [9.17, 15) is 4.79 Å². The first kappa shape index (κ1) is 20.5. The van der Waals surface area contributed by atoms with Crippen LogP contribution in [0.1, 0.15) is 25.3 Å². The minimum absolute atomic E-state index is 0.126. The molecule has 1 saturated carbocycles. The summed E-state index contributed by atoms with van der Waals surface area (Å²) in [4.78, 5) is 17.1. The van der Waals surface area contributed by atoms with Crippen molar-refractivity contribution in [1.29, 1.82) is 0 Å². The van der Waals surface area contributed by atoms with Gasteiger partial charge >= 0.3 is 0 Å². The molecule has 1 unspecified atom stereocenters. The van der Waals surface area contributed by atoms with Crippen LogP contribution in [0.2, 0.25) is 0 Å². The summed E-state index contributed by atoms with van der Waals surface area (Å²) in [7, 11) is 1.61. The van der Waals surface area contributed by atoms with Crippen LogP contribution in [-0.2, 0) is 5.75 Å². The lowest BCUT2D eigenvalue weighted by molar-refractivity contribution is 0.234. The van der Waals surface area contributed by atoms with Crippen molar-refractivity contribution < 1.29 is 9.47 Å². The Labute approximate surface area is 181 Å². The Bertz CT molecular complexity index is 1050. The van der Waals surface area contributed by atoms with Crippen molar-refractivity contribution in [3.63, 3.8) is 0 Å². The third-order valence-electron chi connectivity index (χ3n) is 5.37. The van der Waals surface area contributed by atoms with Crippen LogP contribution >= 0.6 is 11.8 Å². The molecule has 1 fully saturated rings. The summed E-state index contributed by atoms with van der Waals surface area (Å²) in [6, 6.07) is 17.2. The summed E-state index contributed by atoms with van der Waals surface area (Å²) in [6.45, 7) is 2.90. The second-order valence-electron chi connectivity index (χ2n) is 7.67. The molecule has 5 nitrogen and oxygen atoms in total. The summed E-state index contributed by atoms with van der Waals surface area (Å²) in [5.41, 5.74) is 1.77. The third-order valence-corrected chi connectivity index (χ3v) is 6.36. The lowest BCUT2D eigenvalue weighted by Gasteiger charge is -2.16. The molecule has 0 spiro atoms. The zero-order chi connectivity index (χ0) is 20.9. The molecule has 6 heteroatoms. The van der Waals surface area contributed by atoms with Crippen LogP contribution in [0.4, 0.5) is 0 Å². The molecule has 1 aromatic heterocycles. The summed E-state index contributed by atoms with van der Waals surface area (Å²) in [5, 5.41) is 0.709. The van der Waals surface area contributed by atoms with E-state index in [2.05, 4.69) is 24.0 Å². The SMILES string of the molecule is COc1cc(-n2cnc(SCc3ccccc3)cc2=O)ccc1OCC(C)C1CC1. The van der Waals surface area contributed by atoms with E-state index in [1.165, 1.54) is 23.0 Å². The fraction of sp³-hybridized carbons (Fsp3) is 0.333. The van der Waals surface area contributed by atoms with Crippen LogP contribution in [0.15, 0.2) is 70.7 Å². The van der Waals surface area contributed by atoms with Gasteiger partial charge < -0.3 is 9.47 Å². The van der Waals surface area contributed by atoms with E-state index in [0.29, 0.717) is 34.7 Å². The maximum Gasteiger partial charge on any atom is 0.258 e. The second-order valence-corrected chi connectivity index (χ2v) is 8.67. The van der Waals surface area contributed by atoms with Gasteiger partial charge in [-0.2, -0.15) is 0 Å². The van der Waals surface area contributed by atoms with Crippen LogP contribution in [0.25, 0.3) is 5.69 Å². The molecule has 30 heavy (non-hydrogen) atoms. The summed E-state index contributed by atoms with van der Waals surface area (Å²) >= 11 is 1.55. The Kier molecular flexibility index (Phi) is 6.43. The number of thioether (sulfide) groups is 1. The number of rotatable bonds is 9. The van der Waals surface area contributed by atoms with Gasteiger partial charge in [0, 0.05) is 17.9 Å². The van der Waals surface area contributed by atoms with Gasteiger partial charge in [-0.15, -0.1) is 11.8 Å². The predicted molar refractivity (Wildman–Crippen MR) is 120 cm³/mol. The minimum atomic E-state index is -0.126. The predicted octanol–water partition coefficient (Wildman–Crippen LogP) is 4.96. The summed E-state index contributed by atoms with van der Waals surface area (Å²) in [5.74, 6) is 3.42. The molecular formula is C24H26N2O3S. The maximum atomic E-state index is 12.7. The molecule has 1 atom stereocenters. The van der Waals surface area contributed by atoms with E-state index in [0.717, 1.165) is 11.7 Å². The van der Waals surface area contributed by atoms with Crippen molar-refractivity contribution in [2.24, 2.45) is 11.8 Å². The first-order valence-electron chi connectivity index (χ1n) is 10.2. The molecule has 2 aromatic carbocycles. The van der Waals surface area contributed by atoms with Gasteiger partial charge in [-0.05, 0) is 42.4 Å². The van der Waals surface area contributed by atoms with E-state index >= 15 is 0 Å². The number of hydrogen-bond acceptors (Lipinski definition) is 5. The van der Waals surface area contributed by atoms with Crippen LogP contribution in [0.5, 0.6) is 11.5 Å². The van der Waals surface area contributed by atoms with E-state index in [1.54, 1.807) is 31.3 Å². The van der Waals surface area contributed by atoms with Crippen molar-refractivity contribution in [2.75, 3.05) is 13.7 Å². The molecule has 1 heterocycles. The number of aromatic nitrogens is 2. The van der Waals surface area contributed by atoms with Gasteiger partial charge in [-0.3, -0.25) is 9.36 Å². The van der Waals surface area contributed by atoms with Crippen molar-refractivity contribution in [3.05, 3.63) is 76.8 Å². The maximum absolute atomic E-state index is 12.7. The molecule has 156 valence electrons. The van der Waals surface area contributed by atoms with Crippen molar-refractivity contribution in [2.45, 2.75) is 30.5 Å². The molecule has 0 bridgehead atoms. The Morgan fingerprint density at radius 3 is 2.63 bits per heavy atom. The van der Waals surface area contributed by atoms with Crippen LogP contribution in [0.3, 0.4) is 0 Å². The van der Waals surface area contributed by atoms with Gasteiger partial charge in [0.15, 0.2) is 11.5 Å². The lowest BCUT2D eigenvalue weighted by Crippen LogP contribution is -2.18. The van der Waals surface area contributed by atoms with E-state index in [4.69, 9.17) is 9.47 Å². The molecule has 1 aliphatic rings. The van der Waals surface area contributed by atoms with Gasteiger partial charge in [-0.25, -0.2) is 4.98 Å². The number of methoxy groups -OCH3 is 1. The van der Waals surface area contributed by atoms with Gasteiger partial charge in [0.25, 0.3) is 5.56 Å². The molecule has 3 aromatic rings. The zero-order valence-electron chi connectivity index (χ0n) is 17.3. The lowest BCUT2D eigenvalue weighted by atomic mass is 10.1. The molecule has 1 aliphatic carbocycles. The second kappa shape index (κ2) is 9.39. The highest BCUT2D eigenvalue weighted by molar-refractivity contribution is 7.98. The number of nitrogens with zero attached hydrogens (tertiary/aromatic N) is 2. The van der Waals surface area contributed by atoms with Crippen molar-refractivity contribution in [1.82, 2.24) is 9.55 Å². The topological polar surface area (TPSA) is 53.4 Å². The normalized spacial score (nSPS) is 14.3. The molecule has 0 N–H and O–H groups in total. The highest BCUT2D eigenvalue weighted by Crippen LogP contribution is 2.37. The fourth-order valence-electron chi connectivity index (χ4n) is 3.34. The average molecular weight is 423 g/mol. The average Bonchev–Trinajstić information content (AvgIpc) is 3.62. The fourth-order valence-corrected chi connectivity index (χ4v) is 4.15. The van der Waals surface area contributed by atoms with Gasteiger partial charge in [-0.1, -0.05) is 37.3 Å². The highest BCUT2D eigenvalue weighted by atomic mass is 32.2. The van der Waals surface area contributed by atoms with E-state index < -0.39 is 0 Å². The van der Waals surface area contributed by atoms with Crippen LogP contribution in [0, 0.1) is 11.8 Å². The molecular weight excluding hydrogens is 396 g/mol. The largest absolute Gasteiger partial charge is 0.493 e. The van der Waals surface area contributed by atoms with Gasteiger partial charge in [0.1, 0.15) is 11.4 Å². The zero-order valence-corrected chi connectivity index (χ0v) is 18.1. The molecule has 0 saturated heterocycles. The standard InChI is InChI=1S/C24H26N2O3S/c1-17(19-8-9-19)14-29-21-11-10-20(12-22(21)28-2)26-16-25-23(13-24(26)27)30-15-18-6-4-3-5-7-18/h3-7,10-13,16-17,19H,8-9,14-15H2,1-2H3. The number of benzene rings is 2.